The minimum absolute atomic E-state index is 0.0225. The summed E-state index contributed by atoms with van der Waals surface area (Å²) in [7, 11) is 0. The molecular formula is C13H16N2O3S. The lowest BCUT2D eigenvalue weighted by Crippen LogP contribution is -2.30. The van der Waals surface area contributed by atoms with Gasteiger partial charge in [0.2, 0.25) is 5.91 Å². The predicted octanol–water partition coefficient (Wildman–Crippen LogP) is 2.01. The lowest BCUT2D eigenvalue weighted by Gasteiger charge is -2.09. The molecule has 1 unspecified atom stereocenters. The van der Waals surface area contributed by atoms with Gasteiger partial charge in [-0.1, -0.05) is 12.1 Å². The fourth-order valence-electron chi connectivity index (χ4n) is 1.99. The van der Waals surface area contributed by atoms with Gasteiger partial charge in [0.25, 0.3) is 5.69 Å². The minimum Gasteiger partial charge on any atom is -0.356 e. The number of nitro groups is 1. The van der Waals surface area contributed by atoms with Gasteiger partial charge >= 0.3 is 0 Å². The number of benzene rings is 1. The molecular weight excluding hydrogens is 264 g/mol. The molecule has 2 rings (SSSR count). The Morgan fingerprint density at radius 2 is 2.16 bits per heavy atom. The highest BCUT2D eigenvalue weighted by molar-refractivity contribution is 7.99. The molecule has 0 aromatic heterocycles. The van der Waals surface area contributed by atoms with E-state index in [0.717, 1.165) is 17.9 Å². The molecule has 1 atom stereocenters. The molecule has 1 aliphatic heterocycles. The summed E-state index contributed by atoms with van der Waals surface area (Å²) in [5.41, 5.74) is 0.844. The lowest BCUT2D eigenvalue weighted by molar-refractivity contribution is -0.384. The van der Waals surface area contributed by atoms with E-state index < -0.39 is 4.92 Å². The highest BCUT2D eigenvalue weighted by Crippen LogP contribution is 2.22. The smallest absolute Gasteiger partial charge is 0.269 e. The number of thioether (sulfide) groups is 1. The van der Waals surface area contributed by atoms with Gasteiger partial charge in [0.1, 0.15) is 0 Å². The molecule has 0 aliphatic carbocycles. The Labute approximate surface area is 115 Å². The average molecular weight is 280 g/mol. The Morgan fingerprint density at radius 3 is 2.74 bits per heavy atom. The topological polar surface area (TPSA) is 72.2 Å². The summed E-state index contributed by atoms with van der Waals surface area (Å²) in [5.74, 6) is 2.87. The zero-order valence-corrected chi connectivity index (χ0v) is 11.3. The molecule has 5 nitrogen and oxygen atoms in total. The van der Waals surface area contributed by atoms with E-state index in [1.807, 2.05) is 11.8 Å². The van der Waals surface area contributed by atoms with Crippen molar-refractivity contribution in [2.45, 2.75) is 12.8 Å². The van der Waals surface area contributed by atoms with E-state index in [0.29, 0.717) is 5.92 Å². The first-order valence-electron chi connectivity index (χ1n) is 6.23. The molecule has 1 saturated heterocycles. The molecule has 1 N–H and O–H groups in total. The van der Waals surface area contributed by atoms with Crippen molar-refractivity contribution in [2.75, 3.05) is 18.1 Å². The van der Waals surface area contributed by atoms with Crippen molar-refractivity contribution >= 4 is 23.4 Å². The Bertz CT molecular complexity index is 455. The Kier molecular flexibility index (Phi) is 4.79. The summed E-state index contributed by atoms with van der Waals surface area (Å²) in [6.45, 7) is 0.735. The first kappa shape index (κ1) is 13.9. The fourth-order valence-corrected chi connectivity index (χ4v) is 3.27. The highest BCUT2D eigenvalue weighted by atomic mass is 32.2. The van der Waals surface area contributed by atoms with E-state index in [4.69, 9.17) is 0 Å². The van der Waals surface area contributed by atoms with Crippen molar-refractivity contribution in [2.24, 2.45) is 5.92 Å². The van der Waals surface area contributed by atoms with Gasteiger partial charge in [0.05, 0.1) is 11.3 Å². The van der Waals surface area contributed by atoms with Crippen LogP contribution in [0, 0.1) is 16.0 Å². The average Bonchev–Trinajstić information content (AvgIpc) is 2.90. The third-order valence-corrected chi connectivity index (χ3v) is 4.36. The molecule has 0 bridgehead atoms. The van der Waals surface area contributed by atoms with Crippen molar-refractivity contribution in [3.8, 4) is 0 Å². The fraction of sp³-hybridized carbons (Fsp3) is 0.462. The monoisotopic (exact) mass is 280 g/mol. The number of nitrogens with one attached hydrogen (secondary N) is 1. The molecule has 1 aliphatic rings. The largest absolute Gasteiger partial charge is 0.356 e. The van der Waals surface area contributed by atoms with Gasteiger partial charge < -0.3 is 5.32 Å². The number of nitro benzene ring substituents is 1. The molecule has 1 aromatic carbocycles. The molecule has 1 aromatic rings. The number of amides is 1. The second-order valence-corrected chi connectivity index (χ2v) is 5.78. The van der Waals surface area contributed by atoms with Crippen LogP contribution in [0.4, 0.5) is 5.69 Å². The van der Waals surface area contributed by atoms with Crippen molar-refractivity contribution in [3.05, 3.63) is 39.9 Å². The molecule has 1 amide bonds. The third kappa shape index (κ3) is 4.24. The molecule has 19 heavy (non-hydrogen) atoms. The number of hydrogen-bond acceptors (Lipinski definition) is 4. The second kappa shape index (κ2) is 6.56. The van der Waals surface area contributed by atoms with Gasteiger partial charge in [-0.15, -0.1) is 0 Å². The van der Waals surface area contributed by atoms with Crippen LogP contribution in [0.3, 0.4) is 0 Å². The standard InChI is InChI=1S/C13H16N2O3S/c16-13(14-8-11-5-6-19-9-11)7-10-1-3-12(4-2-10)15(17)18/h1-4,11H,5-9H2,(H,14,16). The van der Waals surface area contributed by atoms with Crippen molar-refractivity contribution < 1.29 is 9.72 Å². The van der Waals surface area contributed by atoms with Crippen LogP contribution >= 0.6 is 11.8 Å². The first-order valence-corrected chi connectivity index (χ1v) is 7.38. The van der Waals surface area contributed by atoms with E-state index in [-0.39, 0.29) is 18.0 Å². The minimum atomic E-state index is -0.443. The van der Waals surface area contributed by atoms with Crippen LogP contribution in [0.1, 0.15) is 12.0 Å². The summed E-state index contributed by atoms with van der Waals surface area (Å²) in [4.78, 5) is 21.8. The van der Waals surface area contributed by atoms with Gasteiger partial charge in [-0.2, -0.15) is 11.8 Å². The van der Waals surface area contributed by atoms with Crippen LogP contribution in [0.15, 0.2) is 24.3 Å². The van der Waals surface area contributed by atoms with Crippen LogP contribution in [-0.2, 0) is 11.2 Å². The van der Waals surface area contributed by atoms with Crippen LogP contribution < -0.4 is 5.32 Å². The Morgan fingerprint density at radius 1 is 1.42 bits per heavy atom. The van der Waals surface area contributed by atoms with E-state index in [9.17, 15) is 14.9 Å². The van der Waals surface area contributed by atoms with Crippen LogP contribution in [-0.4, -0.2) is 28.9 Å². The Balaban J connectivity index is 1.79. The van der Waals surface area contributed by atoms with Gasteiger partial charge in [-0.25, -0.2) is 0 Å². The van der Waals surface area contributed by atoms with Crippen LogP contribution in [0.2, 0.25) is 0 Å². The Hall–Kier alpha value is -1.56. The van der Waals surface area contributed by atoms with E-state index >= 15 is 0 Å². The summed E-state index contributed by atoms with van der Waals surface area (Å²) in [5, 5.41) is 13.4. The molecule has 102 valence electrons. The highest BCUT2D eigenvalue weighted by Gasteiger charge is 2.16. The van der Waals surface area contributed by atoms with Crippen LogP contribution in [0.25, 0.3) is 0 Å². The van der Waals surface area contributed by atoms with Gasteiger partial charge in [0, 0.05) is 18.7 Å². The van der Waals surface area contributed by atoms with Crippen molar-refractivity contribution in [3.63, 3.8) is 0 Å². The lowest BCUT2D eigenvalue weighted by atomic mass is 10.1. The summed E-state index contributed by atoms with van der Waals surface area (Å²) >= 11 is 1.93. The molecule has 0 spiro atoms. The summed E-state index contributed by atoms with van der Waals surface area (Å²) < 4.78 is 0. The zero-order chi connectivity index (χ0) is 13.7. The summed E-state index contributed by atoms with van der Waals surface area (Å²) in [6.07, 6.45) is 1.44. The van der Waals surface area contributed by atoms with Gasteiger partial charge in [-0.05, 0) is 29.4 Å². The predicted molar refractivity (Wildman–Crippen MR) is 75.2 cm³/mol. The second-order valence-electron chi connectivity index (χ2n) is 4.63. The van der Waals surface area contributed by atoms with E-state index in [1.54, 1.807) is 12.1 Å². The maximum absolute atomic E-state index is 11.7. The molecule has 1 fully saturated rings. The number of nitrogens with zero attached hydrogens (tertiary/aromatic N) is 1. The number of hydrogen-bond donors (Lipinski definition) is 1. The van der Waals surface area contributed by atoms with Crippen molar-refractivity contribution in [1.82, 2.24) is 5.32 Å². The molecule has 0 radical (unpaired) electrons. The summed E-state index contributed by atoms with van der Waals surface area (Å²) in [6, 6.07) is 6.11. The SMILES string of the molecule is O=C(Cc1ccc([N+](=O)[O-])cc1)NCC1CCSC1. The number of non-ortho nitro benzene ring substituents is 1. The van der Waals surface area contributed by atoms with Gasteiger partial charge in [0.15, 0.2) is 0 Å². The first-order chi connectivity index (χ1) is 9.15. The van der Waals surface area contributed by atoms with E-state index in [1.165, 1.54) is 24.3 Å². The number of rotatable bonds is 5. The molecule has 0 saturated carbocycles. The quantitative estimate of drug-likeness (QED) is 0.661. The molecule has 6 heteroatoms. The maximum Gasteiger partial charge on any atom is 0.269 e. The number of carbonyl (C=O) groups excluding carboxylic acids is 1. The van der Waals surface area contributed by atoms with E-state index in [2.05, 4.69) is 5.32 Å². The van der Waals surface area contributed by atoms with Crippen LogP contribution in [0.5, 0.6) is 0 Å². The maximum atomic E-state index is 11.7. The van der Waals surface area contributed by atoms with Crippen molar-refractivity contribution in [1.29, 1.82) is 0 Å². The zero-order valence-electron chi connectivity index (χ0n) is 10.5. The third-order valence-electron chi connectivity index (χ3n) is 3.12. The van der Waals surface area contributed by atoms with Gasteiger partial charge in [-0.3, -0.25) is 14.9 Å². The number of carbonyl (C=O) groups is 1. The normalized spacial score (nSPS) is 18.2. The molecule has 1 heterocycles.